The van der Waals surface area contributed by atoms with Crippen LogP contribution in [0.3, 0.4) is 0 Å². The SMILES string of the molecule is CC1C(=O)NC(=O)CN1C(=O)COc1ccc(Cl)cc1Br. The van der Waals surface area contributed by atoms with Gasteiger partial charge < -0.3 is 9.64 Å². The first kappa shape index (κ1) is 15.8. The normalized spacial score (nSPS) is 18.4. The molecule has 0 bridgehead atoms. The van der Waals surface area contributed by atoms with Crippen molar-refractivity contribution in [3.8, 4) is 5.75 Å². The molecule has 1 N–H and O–H groups in total. The summed E-state index contributed by atoms with van der Waals surface area (Å²) in [6.07, 6.45) is 0. The van der Waals surface area contributed by atoms with Gasteiger partial charge in [0, 0.05) is 5.02 Å². The number of benzene rings is 1. The Kier molecular flexibility index (Phi) is 4.84. The molecule has 0 radical (unpaired) electrons. The summed E-state index contributed by atoms with van der Waals surface area (Å²) in [6.45, 7) is 1.12. The Morgan fingerprint density at radius 3 is 2.90 bits per heavy atom. The summed E-state index contributed by atoms with van der Waals surface area (Å²) >= 11 is 9.08. The van der Waals surface area contributed by atoms with Gasteiger partial charge in [0.05, 0.1) is 4.47 Å². The van der Waals surface area contributed by atoms with Gasteiger partial charge >= 0.3 is 0 Å². The predicted molar refractivity (Wildman–Crippen MR) is 79.0 cm³/mol. The first-order valence-corrected chi connectivity index (χ1v) is 7.26. The highest BCUT2D eigenvalue weighted by atomic mass is 79.9. The van der Waals surface area contributed by atoms with Crippen LogP contribution in [-0.4, -0.2) is 41.8 Å². The van der Waals surface area contributed by atoms with Gasteiger partial charge in [-0.05, 0) is 41.1 Å². The molecule has 1 saturated heterocycles. The number of nitrogens with one attached hydrogen (secondary N) is 1. The molecule has 1 aromatic rings. The molecule has 1 heterocycles. The van der Waals surface area contributed by atoms with Crippen molar-refractivity contribution in [3.63, 3.8) is 0 Å². The van der Waals surface area contributed by atoms with E-state index in [1.165, 1.54) is 4.90 Å². The molecular weight excluding hydrogens is 364 g/mol. The minimum Gasteiger partial charge on any atom is -0.483 e. The average Bonchev–Trinajstić information content (AvgIpc) is 2.41. The maximum absolute atomic E-state index is 12.1. The molecule has 1 fully saturated rings. The zero-order valence-corrected chi connectivity index (χ0v) is 13.4. The molecule has 1 unspecified atom stereocenters. The molecular formula is C13H12BrClN2O4. The predicted octanol–water partition coefficient (Wildman–Crippen LogP) is 1.35. The van der Waals surface area contributed by atoms with Crippen LogP contribution in [0.1, 0.15) is 6.92 Å². The second-order valence-electron chi connectivity index (χ2n) is 4.47. The number of hydrogen-bond acceptors (Lipinski definition) is 4. The Labute approximate surface area is 134 Å². The van der Waals surface area contributed by atoms with E-state index < -0.39 is 23.8 Å². The Morgan fingerprint density at radius 1 is 1.52 bits per heavy atom. The number of nitrogens with zero attached hydrogens (tertiary/aromatic N) is 1. The number of ether oxygens (including phenoxy) is 1. The molecule has 112 valence electrons. The summed E-state index contributed by atoms with van der Waals surface area (Å²) in [6, 6.07) is 4.19. The molecule has 3 amide bonds. The van der Waals surface area contributed by atoms with Crippen molar-refractivity contribution in [1.82, 2.24) is 10.2 Å². The average molecular weight is 376 g/mol. The van der Waals surface area contributed by atoms with Crippen molar-refractivity contribution in [2.24, 2.45) is 0 Å². The van der Waals surface area contributed by atoms with Gasteiger partial charge in [0.2, 0.25) is 11.8 Å². The second kappa shape index (κ2) is 6.44. The van der Waals surface area contributed by atoms with Gasteiger partial charge in [-0.1, -0.05) is 11.6 Å². The first-order chi connectivity index (χ1) is 9.88. The molecule has 0 spiro atoms. The van der Waals surface area contributed by atoms with Crippen LogP contribution in [-0.2, 0) is 14.4 Å². The van der Waals surface area contributed by atoms with Gasteiger partial charge in [0.25, 0.3) is 5.91 Å². The van der Waals surface area contributed by atoms with E-state index in [1.807, 2.05) is 0 Å². The zero-order chi connectivity index (χ0) is 15.6. The van der Waals surface area contributed by atoms with Crippen molar-refractivity contribution >= 4 is 45.3 Å². The molecule has 0 aromatic heterocycles. The molecule has 1 aliphatic heterocycles. The Balaban J connectivity index is 2.01. The largest absolute Gasteiger partial charge is 0.483 e. The van der Waals surface area contributed by atoms with Crippen LogP contribution in [0.2, 0.25) is 5.02 Å². The van der Waals surface area contributed by atoms with E-state index in [9.17, 15) is 14.4 Å². The van der Waals surface area contributed by atoms with Gasteiger partial charge in [-0.3, -0.25) is 19.7 Å². The van der Waals surface area contributed by atoms with Gasteiger partial charge in [-0.2, -0.15) is 0 Å². The lowest BCUT2D eigenvalue weighted by atomic mass is 10.2. The summed E-state index contributed by atoms with van der Waals surface area (Å²) < 4.78 is 6.00. The van der Waals surface area contributed by atoms with Crippen LogP contribution in [0.5, 0.6) is 5.75 Å². The number of hydrogen-bond donors (Lipinski definition) is 1. The quantitative estimate of drug-likeness (QED) is 0.809. The van der Waals surface area contributed by atoms with Crippen molar-refractivity contribution in [3.05, 3.63) is 27.7 Å². The van der Waals surface area contributed by atoms with E-state index >= 15 is 0 Å². The van der Waals surface area contributed by atoms with Crippen molar-refractivity contribution in [2.75, 3.05) is 13.2 Å². The number of piperazine rings is 1. The number of rotatable bonds is 3. The molecule has 6 nitrogen and oxygen atoms in total. The molecule has 0 saturated carbocycles. The smallest absolute Gasteiger partial charge is 0.261 e. The third-order valence-electron chi connectivity index (χ3n) is 2.99. The Hall–Kier alpha value is -1.60. The van der Waals surface area contributed by atoms with Crippen molar-refractivity contribution in [1.29, 1.82) is 0 Å². The van der Waals surface area contributed by atoms with E-state index in [0.717, 1.165) is 0 Å². The molecule has 2 rings (SSSR count). The lowest BCUT2D eigenvalue weighted by Gasteiger charge is -2.31. The maximum atomic E-state index is 12.1. The summed E-state index contributed by atoms with van der Waals surface area (Å²) in [7, 11) is 0. The highest BCUT2D eigenvalue weighted by Crippen LogP contribution is 2.28. The zero-order valence-electron chi connectivity index (χ0n) is 11.1. The fraction of sp³-hybridized carbons (Fsp3) is 0.308. The maximum Gasteiger partial charge on any atom is 0.261 e. The van der Waals surface area contributed by atoms with Gasteiger partial charge in [-0.25, -0.2) is 0 Å². The molecule has 1 atom stereocenters. The number of amides is 3. The molecule has 21 heavy (non-hydrogen) atoms. The highest BCUT2D eigenvalue weighted by molar-refractivity contribution is 9.10. The minimum atomic E-state index is -0.701. The summed E-state index contributed by atoms with van der Waals surface area (Å²) in [5, 5.41) is 2.70. The van der Waals surface area contributed by atoms with E-state index in [4.69, 9.17) is 16.3 Å². The molecule has 1 aliphatic rings. The van der Waals surface area contributed by atoms with Gasteiger partial charge in [0.15, 0.2) is 6.61 Å². The highest BCUT2D eigenvalue weighted by Gasteiger charge is 2.33. The summed E-state index contributed by atoms with van der Waals surface area (Å²) in [5.74, 6) is -0.980. The van der Waals surface area contributed by atoms with E-state index in [0.29, 0.717) is 15.2 Å². The Morgan fingerprint density at radius 2 is 2.24 bits per heavy atom. The van der Waals surface area contributed by atoms with Crippen molar-refractivity contribution < 1.29 is 19.1 Å². The van der Waals surface area contributed by atoms with E-state index in [-0.39, 0.29) is 13.2 Å². The number of carbonyl (C=O) groups is 3. The topological polar surface area (TPSA) is 75.7 Å². The van der Waals surface area contributed by atoms with E-state index in [2.05, 4.69) is 21.2 Å². The third kappa shape index (κ3) is 3.74. The van der Waals surface area contributed by atoms with Crippen LogP contribution in [0.15, 0.2) is 22.7 Å². The second-order valence-corrected chi connectivity index (χ2v) is 5.76. The number of halogens is 2. The number of imide groups is 1. The third-order valence-corrected chi connectivity index (χ3v) is 3.84. The molecule has 0 aliphatic carbocycles. The van der Waals surface area contributed by atoms with Crippen LogP contribution < -0.4 is 10.1 Å². The monoisotopic (exact) mass is 374 g/mol. The van der Waals surface area contributed by atoms with E-state index in [1.54, 1.807) is 25.1 Å². The fourth-order valence-electron chi connectivity index (χ4n) is 1.83. The summed E-state index contributed by atoms with van der Waals surface area (Å²) in [5.41, 5.74) is 0. The van der Waals surface area contributed by atoms with Crippen LogP contribution >= 0.6 is 27.5 Å². The standard InChI is InChI=1S/C13H12BrClN2O4/c1-7-13(20)16-11(18)5-17(7)12(19)6-21-10-3-2-8(15)4-9(10)14/h2-4,7H,5-6H2,1H3,(H,16,18,20). The van der Waals surface area contributed by atoms with Crippen LogP contribution in [0, 0.1) is 0 Å². The van der Waals surface area contributed by atoms with Crippen LogP contribution in [0.25, 0.3) is 0 Å². The first-order valence-electron chi connectivity index (χ1n) is 6.09. The van der Waals surface area contributed by atoms with Crippen LogP contribution in [0.4, 0.5) is 0 Å². The summed E-state index contributed by atoms with van der Waals surface area (Å²) in [4.78, 5) is 36.1. The lowest BCUT2D eigenvalue weighted by molar-refractivity contribution is -0.150. The van der Waals surface area contributed by atoms with Gasteiger partial charge in [-0.15, -0.1) is 0 Å². The molecule has 1 aromatic carbocycles. The minimum absolute atomic E-state index is 0.156. The lowest BCUT2D eigenvalue weighted by Crippen LogP contribution is -2.59. The number of carbonyl (C=O) groups excluding carboxylic acids is 3. The Bertz CT molecular complexity index is 608. The molecule has 8 heteroatoms. The fourth-order valence-corrected chi connectivity index (χ4v) is 2.63. The van der Waals surface area contributed by atoms with Gasteiger partial charge in [0.1, 0.15) is 18.3 Å². The van der Waals surface area contributed by atoms with Crippen molar-refractivity contribution in [2.45, 2.75) is 13.0 Å².